The van der Waals surface area contributed by atoms with Crippen molar-refractivity contribution < 1.29 is 22.6 Å². The maximum Gasteiger partial charge on any atom is 0.261 e. The standard InChI is InChI=1S/C4H3NO2.CH4O3S/c6-3-1-2-4(7)5-3;1-5(2,3)4/h1-2H,(H,5,6,7);1H3,(H,2,3,4). The molecule has 0 spiro atoms. The summed E-state index contributed by atoms with van der Waals surface area (Å²) >= 11 is 0. The van der Waals surface area contributed by atoms with Crippen molar-refractivity contribution in [2.24, 2.45) is 0 Å². The van der Waals surface area contributed by atoms with Crippen molar-refractivity contribution in [3.63, 3.8) is 0 Å². The van der Waals surface area contributed by atoms with Gasteiger partial charge in [-0.3, -0.25) is 19.5 Å². The first kappa shape index (κ1) is 10.8. The van der Waals surface area contributed by atoms with Gasteiger partial charge in [0.15, 0.2) is 0 Å². The summed E-state index contributed by atoms with van der Waals surface area (Å²) in [6.07, 6.45) is 3.11. The zero-order chi connectivity index (χ0) is 9.78. The molecule has 0 aromatic carbocycles. The first-order chi connectivity index (χ1) is 5.29. The third kappa shape index (κ3) is 8.79. The van der Waals surface area contributed by atoms with Gasteiger partial charge >= 0.3 is 0 Å². The Labute approximate surface area is 69.0 Å². The molecule has 0 bridgehead atoms. The molecule has 0 unspecified atom stereocenters. The molecule has 1 rings (SSSR count). The third-order valence-corrected chi connectivity index (χ3v) is 0.632. The first-order valence-electron chi connectivity index (χ1n) is 2.74. The molecule has 0 aromatic heterocycles. The van der Waals surface area contributed by atoms with Crippen molar-refractivity contribution in [1.29, 1.82) is 0 Å². The summed E-state index contributed by atoms with van der Waals surface area (Å²) < 4.78 is 25.9. The van der Waals surface area contributed by atoms with Crippen LogP contribution in [0.3, 0.4) is 0 Å². The van der Waals surface area contributed by atoms with Crippen LogP contribution in [0.1, 0.15) is 0 Å². The van der Waals surface area contributed by atoms with Gasteiger partial charge in [0.1, 0.15) is 0 Å². The largest absolute Gasteiger partial charge is 0.289 e. The molecule has 12 heavy (non-hydrogen) atoms. The van der Waals surface area contributed by atoms with Gasteiger partial charge in [0.25, 0.3) is 21.9 Å². The molecular formula is C5H7NO5S. The van der Waals surface area contributed by atoms with Crippen LogP contribution >= 0.6 is 0 Å². The van der Waals surface area contributed by atoms with Crippen LogP contribution < -0.4 is 5.32 Å². The summed E-state index contributed by atoms with van der Waals surface area (Å²) in [6.45, 7) is 0. The van der Waals surface area contributed by atoms with E-state index in [-0.39, 0.29) is 11.8 Å². The average molecular weight is 193 g/mol. The van der Waals surface area contributed by atoms with E-state index in [1.807, 2.05) is 5.32 Å². The molecule has 0 aliphatic carbocycles. The van der Waals surface area contributed by atoms with E-state index in [0.29, 0.717) is 6.26 Å². The number of carbonyl (C=O) groups excluding carboxylic acids is 2. The number of amides is 2. The van der Waals surface area contributed by atoms with E-state index in [9.17, 15) is 18.0 Å². The van der Waals surface area contributed by atoms with Crippen molar-refractivity contribution in [1.82, 2.24) is 5.32 Å². The summed E-state index contributed by atoms with van der Waals surface area (Å²) in [5.41, 5.74) is 0. The fourth-order valence-corrected chi connectivity index (χ4v) is 0.356. The monoisotopic (exact) mass is 193 g/mol. The van der Waals surface area contributed by atoms with Gasteiger partial charge in [-0.2, -0.15) is 8.42 Å². The van der Waals surface area contributed by atoms with Crippen molar-refractivity contribution in [2.45, 2.75) is 0 Å². The second kappa shape index (κ2) is 3.98. The van der Waals surface area contributed by atoms with E-state index < -0.39 is 10.1 Å². The molecule has 0 saturated carbocycles. The Morgan fingerprint density at radius 3 is 1.58 bits per heavy atom. The van der Waals surface area contributed by atoms with Crippen molar-refractivity contribution in [2.75, 3.05) is 6.26 Å². The average Bonchev–Trinajstić information content (AvgIpc) is 2.09. The maximum atomic E-state index is 10.0. The van der Waals surface area contributed by atoms with Gasteiger partial charge in [0, 0.05) is 12.2 Å². The van der Waals surface area contributed by atoms with Gasteiger partial charge in [-0.25, -0.2) is 0 Å². The SMILES string of the molecule is CS(=O)(=O)O.O=C1C=CC(=O)N1. The van der Waals surface area contributed by atoms with Crippen LogP contribution in [-0.4, -0.2) is 31.0 Å². The summed E-state index contributed by atoms with van der Waals surface area (Å²) in [6, 6.07) is 0. The summed E-state index contributed by atoms with van der Waals surface area (Å²) in [7, 11) is -3.67. The molecule has 2 N–H and O–H groups in total. The molecule has 0 fully saturated rings. The topological polar surface area (TPSA) is 101 Å². The number of hydrogen-bond acceptors (Lipinski definition) is 4. The smallest absolute Gasteiger partial charge is 0.261 e. The fraction of sp³-hybridized carbons (Fsp3) is 0.200. The normalized spacial score (nSPS) is 15.2. The van der Waals surface area contributed by atoms with E-state index >= 15 is 0 Å². The van der Waals surface area contributed by atoms with Crippen LogP contribution in [0.2, 0.25) is 0 Å². The Morgan fingerprint density at radius 2 is 1.50 bits per heavy atom. The third-order valence-electron chi connectivity index (χ3n) is 0.632. The highest BCUT2D eigenvalue weighted by Crippen LogP contribution is 1.82. The van der Waals surface area contributed by atoms with E-state index in [0.717, 1.165) is 0 Å². The number of rotatable bonds is 0. The molecule has 1 heterocycles. The predicted molar refractivity (Wildman–Crippen MR) is 39.8 cm³/mol. The lowest BCUT2D eigenvalue weighted by Crippen LogP contribution is -2.19. The number of hydrogen-bond donors (Lipinski definition) is 2. The predicted octanol–water partition coefficient (Wildman–Crippen LogP) is -1.30. The number of nitrogens with one attached hydrogen (secondary N) is 1. The molecule has 0 saturated heterocycles. The molecule has 1 aliphatic heterocycles. The van der Waals surface area contributed by atoms with E-state index in [4.69, 9.17) is 4.55 Å². The van der Waals surface area contributed by atoms with Crippen molar-refractivity contribution >= 4 is 21.9 Å². The highest BCUT2D eigenvalue weighted by atomic mass is 32.2. The van der Waals surface area contributed by atoms with Crippen LogP contribution in [0.4, 0.5) is 0 Å². The summed E-state index contributed by atoms with van der Waals surface area (Å²) in [5, 5.41) is 2.03. The molecule has 1 aliphatic rings. The van der Waals surface area contributed by atoms with Crippen LogP contribution in [0, 0.1) is 0 Å². The quantitative estimate of drug-likeness (QED) is 0.368. The van der Waals surface area contributed by atoms with Crippen LogP contribution in [0.25, 0.3) is 0 Å². The van der Waals surface area contributed by atoms with Crippen molar-refractivity contribution in [3.8, 4) is 0 Å². The second-order valence-electron chi connectivity index (χ2n) is 1.92. The summed E-state index contributed by atoms with van der Waals surface area (Å²) in [5.74, 6) is -0.657. The van der Waals surface area contributed by atoms with Crippen LogP contribution in [0.15, 0.2) is 12.2 Å². The van der Waals surface area contributed by atoms with Crippen LogP contribution in [0.5, 0.6) is 0 Å². The fourth-order valence-electron chi connectivity index (χ4n) is 0.356. The Kier molecular flexibility index (Phi) is 3.58. The van der Waals surface area contributed by atoms with Gasteiger partial charge in [-0.15, -0.1) is 0 Å². The minimum absolute atomic E-state index is 0.329. The molecule has 0 aromatic rings. The minimum atomic E-state index is -3.67. The van der Waals surface area contributed by atoms with Gasteiger partial charge in [0.2, 0.25) is 0 Å². The van der Waals surface area contributed by atoms with Gasteiger partial charge in [-0.05, 0) is 0 Å². The highest BCUT2D eigenvalue weighted by Gasteiger charge is 2.06. The van der Waals surface area contributed by atoms with E-state index in [2.05, 4.69) is 0 Å². The lowest BCUT2D eigenvalue weighted by molar-refractivity contribution is -0.123. The zero-order valence-corrected chi connectivity index (χ0v) is 6.96. The second-order valence-corrected chi connectivity index (χ2v) is 3.39. The Bertz CT molecular complexity index is 291. The van der Waals surface area contributed by atoms with Gasteiger partial charge < -0.3 is 0 Å². The lowest BCUT2D eigenvalue weighted by atomic mass is 10.6. The number of carbonyl (C=O) groups is 2. The molecular weight excluding hydrogens is 186 g/mol. The Morgan fingerprint density at radius 1 is 1.25 bits per heavy atom. The first-order valence-corrected chi connectivity index (χ1v) is 4.59. The summed E-state index contributed by atoms with van der Waals surface area (Å²) in [4.78, 5) is 20.1. The molecule has 7 heteroatoms. The minimum Gasteiger partial charge on any atom is -0.289 e. The molecule has 6 nitrogen and oxygen atoms in total. The Balaban J connectivity index is 0.000000217. The molecule has 0 radical (unpaired) electrons. The number of imide groups is 1. The Hall–Kier alpha value is -1.21. The zero-order valence-electron chi connectivity index (χ0n) is 6.14. The van der Waals surface area contributed by atoms with Gasteiger partial charge in [-0.1, -0.05) is 0 Å². The van der Waals surface area contributed by atoms with Crippen LogP contribution in [-0.2, 0) is 19.7 Å². The maximum absolute atomic E-state index is 10.0. The molecule has 0 atom stereocenters. The highest BCUT2D eigenvalue weighted by molar-refractivity contribution is 7.85. The lowest BCUT2D eigenvalue weighted by Gasteiger charge is -1.80. The van der Waals surface area contributed by atoms with Crippen molar-refractivity contribution in [3.05, 3.63) is 12.2 Å². The molecule has 68 valence electrons. The van der Waals surface area contributed by atoms with E-state index in [1.165, 1.54) is 12.2 Å². The molecule has 2 amide bonds. The van der Waals surface area contributed by atoms with E-state index in [1.54, 1.807) is 0 Å². The van der Waals surface area contributed by atoms with Gasteiger partial charge in [0.05, 0.1) is 6.26 Å².